The quantitative estimate of drug-likeness (QED) is 0.690. The van der Waals surface area contributed by atoms with E-state index in [1.54, 1.807) is 6.07 Å². The lowest BCUT2D eigenvalue weighted by molar-refractivity contribution is 0.484. The van der Waals surface area contributed by atoms with Gasteiger partial charge >= 0.3 is 0 Å². The zero-order valence-corrected chi connectivity index (χ0v) is 12.5. The molecular formula is C13H19ClN2O2S. The molecule has 0 radical (unpaired) electrons. The van der Waals surface area contributed by atoms with E-state index in [-0.39, 0.29) is 16.1 Å². The van der Waals surface area contributed by atoms with Crippen molar-refractivity contribution < 1.29 is 8.42 Å². The standard InChI is InChI=1S/C13H19ClN2O2S/c1-10-4-2-5-11(8-7-10)16-19(17,18)12-6-3-9-15-13(12)14/h3,6,9-11,16H,2,4-5,7-8H2,1H3. The van der Waals surface area contributed by atoms with Crippen LogP contribution in [0.3, 0.4) is 0 Å². The molecule has 106 valence electrons. The van der Waals surface area contributed by atoms with E-state index in [0.29, 0.717) is 5.92 Å². The maximum Gasteiger partial charge on any atom is 0.243 e. The van der Waals surface area contributed by atoms with Gasteiger partial charge in [-0.05, 0) is 37.3 Å². The van der Waals surface area contributed by atoms with Crippen molar-refractivity contribution in [3.63, 3.8) is 0 Å². The summed E-state index contributed by atoms with van der Waals surface area (Å²) >= 11 is 5.85. The number of pyridine rings is 1. The Bertz CT molecular complexity index is 533. The Morgan fingerprint density at radius 3 is 2.84 bits per heavy atom. The number of halogens is 1. The smallest absolute Gasteiger partial charge is 0.243 e. The second-order valence-corrected chi connectivity index (χ2v) is 7.26. The van der Waals surface area contributed by atoms with Crippen molar-refractivity contribution in [1.29, 1.82) is 0 Å². The van der Waals surface area contributed by atoms with E-state index in [1.807, 2.05) is 0 Å². The van der Waals surface area contributed by atoms with Crippen molar-refractivity contribution in [2.45, 2.75) is 50.0 Å². The second kappa shape index (κ2) is 6.20. The van der Waals surface area contributed by atoms with Crippen LogP contribution in [0.4, 0.5) is 0 Å². The van der Waals surface area contributed by atoms with Crippen molar-refractivity contribution >= 4 is 21.6 Å². The first-order chi connectivity index (χ1) is 8.99. The summed E-state index contributed by atoms with van der Waals surface area (Å²) in [4.78, 5) is 3.88. The molecule has 6 heteroatoms. The third kappa shape index (κ3) is 3.91. The highest BCUT2D eigenvalue weighted by Crippen LogP contribution is 2.25. The molecule has 0 bridgehead atoms. The topological polar surface area (TPSA) is 59.1 Å². The van der Waals surface area contributed by atoms with Crippen LogP contribution in [0.5, 0.6) is 0 Å². The Labute approximate surface area is 119 Å². The maximum atomic E-state index is 12.3. The van der Waals surface area contributed by atoms with Crippen LogP contribution in [0.2, 0.25) is 5.15 Å². The Morgan fingerprint density at radius 1 is 1.32 bits per heavy atom. The number of aromatic nitrogens is 1. The van der Waals surface area contributed by atoms with Gasteiger partial charge in [-0.15, -0.1) is 0 Å². The predicted molar refractivity (Wildman–Crippen MR) is 75.6 cm³/mol. The molecule has 2 atom stereocenters. The Hall–Kier alpha value is -0.650. The largest absolute Gasteiger partial charge is 0.243 e. The summed E-state index contributed by atoms with van der Waals surface area (Å²) in [5.74, 6) is 0.677. The highest BCUT2D eigenvalue weighted by Gasteiger charge is 2.24. The van der Waals surface area contributed by atoms with Crippen LogP contribution in [-0.4, -0.2) is 19.4 Å². The molecule has 0 aliphatic heterocycles. The van der Waals surface area contributed by atoms with Gasteiger partial charge in [-0.2, -0.15) is 0 Å². The van der Waals surface area contributed by atoms with Crippen LogP contribution >= 0.6 is 11.6 Å². The number of rotatable bonds is 3. The van der Waals surface area contributed by atoms with Crippen molar-refractivity contribution in [2.24, 2.45) is 5.92 Å². The molecule has 1 fully saturated rings. The average molecular weight is 303 g/mol. The van der Waals surface area contributed by atoms with Crippen molar-refractivity contribution in [3.05, 3.63) is 23.5 Å². The van der Waals surface area contributed by atoms with E-state index in [1.165, 1.54) is 18.7 Å². The van der Waals surface area contributed by atoms with Crippen LogP contribution in [0.1, 0.15) is 39.0 Å². The number of hydrogen-bond acceptors (Lipinski definition) is 3. The number of hydrogen-bond donors (Lipinski definition) is 1. The van der Waals surface area contributed by atoms with Crippen LogP contribution < -0.4 is 4.72 Å². The first-order valence-corrected chi connectivity index (χ1v) is 8.48. The molecule has 1 aromatic rings. The van der Waals surface area contributed by atoms with Crippen molar-refractivity contribution in [1.82, 2.24) is 9.71 Å². The molecule has 0 aromatic carbocycles. The molecular weight excluding hydrogens is 284 g/mol. The lowest BCUT2D eigenvalue weighted by atomic mass is 10.0. The van der Waals surface area contributed by atoms with Gasteiger partial charge in [0, 0.05) is 12.2 Å². The molecule has 1 saturated carbocycles. The van der Waals surface area contributed by atoms with E-state index in [4.69, 9.17) is 11.6 Å². The maximum absolute atomic E-state index is 12.3. The third-order valence-electron chi connectivity index (χ3n) is 3.59. The Balaban J connectivity index is 2.11. The summed E-state index contributed by atoms with van der Waals surface area (Å²) in [7, 11) is -3.57. The van der Waals surface area contributed by atoms with Crippen LogP contribution in [0, 0.1) is 5.92 Å². The lowest BCUT2D eigenvalue weighted by Gasteiger charge is -2.16. The molecule has 19 heavy (non-hydrogen) atoms. The van der Waals surface area contributed by atoms with E-state index < -0.39 is 10.0 Å². The van der Waals surface area contributed by atoms with Crippen molar-refractivity contribution in [2.75, 3.05) is 0 Å². The van der Waals surface area contributed by atoms with Gasteiger partial charge in [-0.1, -0.05) is 31.4 Å². The van der Waals surface area contributed by atoms with Gasteiger partial charge in [0.25, 0.3) is 0 Å². The van der Waals surface area contributed by atoms with Gasteiger partial charge in [0.15, 0.2) is 0 Å². The minimum atomic E-state index is -3.57. The molecule has 1 heterocycles. The first kappa shape index (κ1) is 14.8. The van der Waals surface area contributed by atoms with Gasteiger partial charge in [-0.3, -0.25) is 0 Å². The van der Waals surface area contributed by atoms with Gasteiger partial charge in [0.05, 0.1) is 0 Å². The van der Waals surface area contributed by atoms with Crippen LogP contribution in [0.25, 0.3) is 0 Å². The minimum absolute atomic E-state index is 0.00576. The number of nitrogens with zero attached hydrogens (tertiary/aromatic N) is 1. The lowest BCUT2D eigenvalue weighted by Crippen LogP contribution is -2.34. The fraction of sp³-hybridized carbons (Fsp3) is 0.615. The normalized spacial score (nSPS) is 24.9. The number of sulfonamides is 1. The fourth-order valence-corrected chi connectivity index (χ4v) is 4.22. The molecule has 1 aromatic heterocycles. The van der Waals surface area contributed by atoms with E-state index in [2.05, 4.69) is 16.6 Å². The Morgan fingerprint density at radius 2 is 2.11 bits per heavy atom. The summed E-state index contributed by atoms with van der Waals surface area (Å²) in [5.41, 5.74) is 0. The van der Waals surface area contributed by atoms with Crippen LogP contribution in [-0.2, 0) is 10.0 Å². The highest BCUT2D eigenvalue weighted by molar-refractivity contribution is 7.89. The molecule has 1 aliphatic carbocycles. The molecule has 1 aliphatic rings. The highest BCUT2D eigenvalue weighted by atomic mass is 35.5. The summed E-state index contributed by atoms with van der Waals surface area (Å²) < 4.78 is 27.3. The zero-order chi connectivity index (χ0) is 13.9. The molecule has 2 unspecified atom stereocenters. The van der Waals surface area contributed by atoms with Crippen LogP contribution in [0.15, 0.2) is 23.2 Å². The molecule has 2 rings (SSSR count). The van der Waals surface area contributed by atoms with E-state index in [9.17, 15) is 8.42 Å². The molecule has 0 saturated heterocycles. The monoisotopic (exact) mass is 302 g/mol. The van der Waals surface area contributed by atoms with Gasteiger partial charge in [0.1, 0.15) is 10.0 Å². The Kier molecular flexibility index (Phi) is 4.81. The zero-order valence-electron chi connectivity index (χ0n) is 11.0. The third-order valence-corrected chi connectivity index (χ3v) is 5.56. The molecule has 1 N–H and O–H groups in total. The van der Waals surface area contributed by atoms with E-state index in [0.717, 1.165) is 25.7 Å². The summed E-state index contributed by atoms with van der Waals surface area (Å²) in [5, 5.41) is 0.0250. The summed E-state index contributed by atoms with van der Waals surface area (Å²) in [6.07, 6.45) is 6.56. The van der Waals surface area contributed by atoms with Gasteiger partial charge in [-0.25, -0.2) is 18.1 Å². The predicted octanol–water partition coefficient (Wildman–Crippen LogP) is 2.98. The van der Waals surface area contributed by atoms with E-state index >= 15 is 0 Å². The van der Waals surface area contributed by atoms with Gasteiger partial charge in [0.2, 0.25) is 10.0 Å². The molecule has 0 spiro atoms. The first-order valence-electron chi connectivity index (χ1n) is 6.62. The minimum Gasteiger partial charge on any atom is -0.243 e. The molecule has 0 amide bonds. The second-order valence-electron chi connectivity index (χ2n) is 5.22. The van der Waals surface area contributed by atoms with Crippen molar-refractivity contribution in [3.8, 4) is 0 Å². The fourth-order valence-electron chi connectivity index (χ4n) is 2.46. The average Bonchev–Trinajstić information content (AvgIpc) is 2.54. The SMILES string of the molecule is CC1CCCC(NS(=O)(=O)c2cccnc2Cl)CC1. The number of nitrogens with one attached hydrogen (secondary N) is 1. The molecule has 4 nitrogen and oxygen atoms in total. The summed E-state index contributed by atoms with van der Waals surface area (Å²) in [6.45, 7) is 2.22. The van der Waals surface area contributed by atoms with Gasteiger partial charge < -0.3 is 0 Å². The summed E-state index contributed by atoms with van der Waals surface area (Å²) in [6, 6.07) is 3.07.